The Balaban J connectivity index is 1.98. The largest absolute Gasteiger partial charge is 0.480 e. The molecule has 25 heavy (non-hydrogen) atoms. The van der Waals surface area contributed by atoms with Gasteiger partial charge in [-0.15, -0.1) is 0 Å². The number of aromatic nitrogens is 2. The summed E-state index contributed by atoms with van der Waals surface area (Å²) in [6.07, 6.45) is 3.61. The summed E-state index contributed by atoms with van der Waals surface area (Å²) in [5, 5.41) is 14.9. The molecule has 0 unspecified atom stereocenters. The van der Waals surface area contributed by atoms with E-state index in [9.17, 15) is 9.90 Å². The molecule has 0 aliphatic carbocycles. The highest BCUT2D eigenvalue weighted by Gasteiger charge is 2.32. The fraction of sp³-hybridized carbons (Fsp3) is 0.474. The number of likely N-dealkylation sites (tertiary alicyclic amines) is 1. The van der Waals surface area contributed by atoms with Gasteiger partial charge in [-0.3, -0.25) is 9.69 Å². The molecule has 1 aromatic heterocycles. The zero-order valence-corrected chi connectivity index (χ0v) is 15.6. The van der Waals surface area contributed by atoms with Crippen molar-refractivity contribution in [1.29, 1.82) is 0 Å². The average Bonchev–Trinajstić information content (AvgIpc) is 3.14. The molecule has 0 spiro atoms. The van der Waals surface area contributed by atoms with Gasteiger partial charge in [-0.1, -0.05) is 44.5 Å². The Kier molecular flexibility index (Phi) is 4.89. The minimum absolute atomic E-state index is 0.139. The molecule has 6 heteroatoms. The molecule has 0 amide bonds. The molecular formula is C19H24ClN3O2. The molecule has 5 nitrogen and oxygen atoms in total. The Bertz CT molecular complexity index is 779. The van der Waals surface area contributed by atoms with E-state index < -0.39 is 12.0 Å². The van der Waals surface area contributed by atoms with Crippen molar-refractivity contribution in [3.05, 3.63) is 46.7 Å². The maximum atomic E-state index is 11.5. The summed E-state index contributed by atoms with van der Waals surface area (Å²) < 4.78 is 1.81. The van der Waals surface area contributed by atoms with E-state index in [0.29, 0.717) is 18.0 Å². The van der Waals surface area contributed by atoms with E-state index in [-0.39, 0.29) is 5.41 Å². The predicted octanol–water partition coefficient (Wildman–Crippen LogP) is 3.87. The van der Waals surface area contributed by atoms with E-state index in [0.717, 1.165) is 29.9 Å². The minimum Gasteiger partial charge on any atom is -0.480 e. The molecule has 1 saturated heterocycles. The SMILES string of the molecule is CC(C)(C)c1nn(-c2ccccc2Cl)cc1CN1CCC[C@H]1C(=O)O. The van der Waals surface area contributed by atoms with Gasteiger partial charge < -0.3 is 5.11 Å². The maximum Gasteiger partial charge on any atom is 0.320 e. The number of hydrogen-bond donors (Lipinski definition) is 1. The van der Waals surface area contributed by atoms with Crippen LogP contribution in [0.2, 0.25) is 5.02 Å². The monoisotopic (exact) mass is 361 g/mol. The standard InChI is InChI=1S/C19H24ClN3O2/c1-19(2,3)17-13(11-22-10-6-9-16(22)18(24)25)12-23(21-17)15-8-5-4-7-14(15)20/h4-5,7-8,12,16H,6,9-11H2,1-3H3,(H,24,25)/t16-/m0/s1. The summed E-state index contributed by atoms with van der Waals surface area (Å²) in [6, 6.07) is 7.19. The molecule has 1 aliphatic heterocycles. The van der Waals surface area contributed by atoms with Gasteiger partial charge in [0.05, 0.1) is 16.4 Å². The number of benzene rings is 1. The van der Waals surface area contributed by atoms with Crippen LogP contribution in [0.25, 0.3) is 5.69 Å². The lowest BCUT2D eigenvalue weighted by Crippen LogP contribution is -2.35. The quantitative estimate of drug-likeness (QED) is 0.898. The third-order valence-electron chi connectivity index (χ3n) is 4.62. The topological polar surface area (TPSA) is 58.4 Å². The number of nitrogens with zero attached hydrogens (tertiary/aromatic N) is 3. The summed E-state index contributed by atoms with van der Waals surface area (Å²) >= 11 is 6.32. The van der Waals surface area contributed by atoms with Crippen molar-refractivity contribution < 1.29 is 9.90 Å². The highest BCUT2D eigenvalue weighted by molar-refractivity contribution is 6.32. The van der Waals surface area contributed by atoms with Crippen LogP contribution in [0.1, 0.15) is 44.9 Å². The van der Waals surface area contributed by atoms with Gasteiger partial charge in [0.25, 0.3) is 0 Å². The van der Waals surface area contributed by atoms with Crippen LogP contribution in [0.4, 0.5) is 0 Å². The first-order valence-corrected chi connectivity index (χ1v) is 8.96. The normalized spacial score (nSPS) is 18.6. The maximum absolute atomic E-state index is 11.5. The smallest absolute Gasteiger partial charge is 0.320 e. The molecular weight excluding hydrogens is 338 g/mol. The average molecular weight is 362 g/mol. The van der Waals surface area contributed by atoms with Gasteiger partial charge in [-0.2, -0.15) is 5.10 Å². The van der Waals surface area contributed by atoms with Gasteiger partial charge in [-0.05, 0) is 31.5 Å². The second-order valence-corrected chi connectivity index (χ2v) is 8.02. The van der Waals surface area contributed by atoms with Crippen molar-refractivity contribution in [2.75, 3.05) is 6.54 Å². The van der Waals surface area contributed by atoms with Crippen LogP contribution in [0.15, 0.2) is 30.5 Å². The third kappa shape index (κ3) is 3.72. The van der Waals surface area contributed by atoms with Gasteiger partial charge in [-0.25, -0.2) is 4.68 Å². The van der Waals surface area contributed by atoms with Gasteiger partial charge in [0.2, 0.25) is 0 Å². The van der Waals surface area contributed by atoms with Crippen LogP contribution in [0, 0.1) is 0 Å². The molecule has 134 valence electrons. The van der Waals surface area contributed by atoms with E-state index in [2.05, 4.69) is 20.8 Å². The molecule has 0 radical (unpaired) electrons. The first kappa shape index (κ1) is 18.0. The molecule has 1 N–H and O–H groups in total. The Hall–Kier alpha value is -1.85. The molecule has 1 atom stereocenters. The molecule has 2 aromatic rings. The van der Waals surface area contributed by atoms with Crippen LogP contribution in [0.5, 0.6) is 0 Å². The van der Waals surface area contributed by atoms with Crippen molar-refractivity contribution >= 4 is 17.6 Å². The van der Waals surface area contributed by atoms with Crippen LogP contribution in [-0.4, -0.2) is 38.3 Å². The number of carboxylic acid groups (broad SMARTS) is 1. The molecule has 1 fully saturated rings. The van der Waals surface area contributed by atoms with E-state index in [4.69, 9.17) is 16.7 Å². The van der Waals surface area contributed by atoms with E-state index >= 15 is 0 Å². The summed E-state index contributed by atoms with van der Waals surface area (Å²) in [4.78, 5) is 13.5. The number of rotatable bonds is 4. The van der Waals surface area contributed by atoms with Gasteiger partial charge in [0.15, 0.2) is 0 Å². The van der Waals surface area contributed by atoms with E-state index in [1.165, 1.54) is 0 Å². The summed E-state index contributed by atoms with van der Waals surface area (Å²) in [5.74, 6) is -0.742. The number of halogens is 1. The Labute approximate surface area is 153 Å². The molecule has 0 saturated carbocycles. The van der Waals surface area contributed by atoms with E-state index in [1.54, 1.807) is 0 Å². The second kappa shape index (κ2) is 6.81. The van der Waals surface area contributed by atoms with Crippen molar-refractivity contribution in [2.45, 2.75) is 51.6 Å². The first-order valence-electron chi connectivity index (χ1n) is 8.58. The van der Waals surface area contributed by atoms with Crippen molar-refractivity contribution in [3.63, 3.8) is 0 Å². The lowest BCUT2D eigenvalue weighted by Gasteiger charge is -2.23. The van der Waals surface area contributed by atoms with Crippen LogP contribution >= 0.6 is 11.6 Å². The summed E-state index contributed by atoms with van der Waals surface area (Å²) in [7, 11) is 0. The molecule has 1 aliphatic rings. The number of carboxylic acids is 1. The van der Waals surface area contributed by atoms with Crippen LogP contribution in [-0.2, 0) is 16.8 Å². The summed E-state index contributed by atoms with van der Waals surface area (Å²) in [6.45, 7) is 7.75. The number of hydrogen-bond acceptors (Lipinski definition) is 3. The van der Waals surface area contributed by atoms with Crippen molar-refractivity contribution in [1.82, 2.24) is 14.7 Å². The second-order valence-electron chi connectivity index (χ2n) is 7.62. The van der Waals surface area contributed by atoms with Gasteiger partial charge in [0.1, 0.15) is 6.04 Å². The Morgan fingerprint density at radius 2 is 2.08 bits per heavy atom. The molecule has 2 heterocycles. The third-order valence-corrected chi connectivity index (χ3v) is 4.94. The lowest BCUT2D eigenvalue weighted by atomic mass is 9.89. The fourth-order valence-corrected chi connectivity index (χ4v) is 3.65. The fourth-order valence-electron chi connectivity index (χ4n) is 3.43. The zero-order valence-electron chi connectivity index (χ0n) is 14.9. The highest BCUT2D eigenvalue weighted by atomic mass is 35.5. The predicted molar refractivity (Wildman–Crippen MR) is 98.3 cm³/mol. The molecule has 3 rings (SSSR count). The zero-order chi connectivity index (χ0) is 18.2. The Morgan fingerprint density at radius 1 is 1.36 bits per heavy atom. The number of para-hydroxylation sites is 1. The van der Waals surface area contributed by atoms with Crippen molar-refractivity contribution in [2.24, 2.45) is 0 Å². The number of aliphatic carboxylic acids is 1. The highest BCUT2D eigenvalue weighted by Crippen LogP contribution is 2.30. The van der Waals surface area contributed by atoms with Gasteiger partial charge in [0, 0.05) is 23.7 Å². The summed E-state index contributed by atoms with van der Waals surface area (Å²) in [5.41, 5.74) is 2.72. The number of carbonyl (C=O) groups is 1. The molecule has 1 aromatic carbocycles. The molecule has 0 bridgehead atoms. The Morgan fingerprint density at radius 3 is 2.72 bits per heavy atom. The first-order chi connectivity index (χ1) is 11.8. The minimum atomic E-state index is -0.742. The van der Waals surface area contributed by atoms with Crippen LogP contribution < -0.4 is 0 Å². The van der Waals surface area contributed by atoms with E-state index in [1.807, 2.05) is 40.0 Å². The van der Waals surface area contributed by atoms with Gasteiger partial charge >= 0.3 is 5.97 Å². The van der Waals surface area contributed by atoms with Crippen molar-refractivity contribution in [3.8, 4) is 5.69 Å². The lowest BCUT2D eigenvalue weighted by molar-refractivity contribution is -0.142. The van der Waals surface area contributed by atoms with Crippen LogP contribution in [0.3, 0.4) is 0 Å².